The van der Waals surface area contributed by atoms with E-state index in [1.807, 2.05) is 6.08 Å². The molecular formula is C15H26O. The number of carbonyl (C=O) groups excluding carboxylic acids is 1. The van der Waals surface area contributed by atoms with Crippen molar-refractivity contribution in [3.8, 4) is 0 Å². The zero-order chi connectivity index (χ0) is 12.1. The van der Waals surface area contributed by atoms with Gasteiger partial charge < -0.3 is 0 Å². The first-order valence-electron chi connectivity index (χ1n) is 6.81. The summed E-state index contributed by atoms with van der Waals surface area (Å²) in [4.78, 5) is 12.1. The summed E-state index contributed by atoms with van der Waals surface area (Å²) >= 11 is 0. The number of ketones is 1. The van der Waals surface area contributed by atoms with Gasteiger partial charge in [-0.25, -0.2) is 0 Å². The van der Waals surface area contributed by atoms with Crippen LogP contribution in [-0.4, -0.2) is 5.78 Å². The number of allylic oxidation sites excluding steroid dienone is 2. The number of hydrogen-bond donors (Lipinski definition) is 0. The molecule has 1 aliphatic rings. The van der Waals surface area contributed by atoms with Crippen LogP contribution in [0.15, 0.2) is 11.6 Å². The second-order valence-electron chi connectivity index (χ2n) is 5.38. The van der Waals surface area contributed by atoms with Crippen molar-refractivity contribution in [2.24, 2.45) is 17.8 Å². The molecule has 3 unspecified atom stereocenters. The highest BCUT2D eigenvalue weighted by Crippen LogP contribution is 2.34. The van der Waals surface area contributed by atoms with Gasteiger partial charge in [0.1, 0.15) is 0 Å². The summed E-state index contributed by atoms with van der Waals surface area (Å²) in [5, 5.41) is 0. The highest BCUT2D eigenvalue weighted by Gasteiger charge is 2.27. The van der Waals surface area contributed by atoms with Crippen LogP contribution < -0.4 is 0 Å². The summed E-state index contributed by atoms with van der Waals surface area (Å²) in [6, 6.07) is 0. The molecule has 16 heavy (non-hydrogen) atoms. The van der Waals surface area contributed by atoms with Crippen LogP contribution >= 0.6 is 0 Å². The van der Waals surface area contributed by atoms with E-state index in [1.54, 1.807) is 0 Å². The molecule has 1 rings (SSSR count). The van der Waals surface area contributed by atoms with Gasteiger partial charge in [0.15, 0.2) is 5.78 Å². The average Bonchev–Trinajstić information content (AvgIpc) is 2.29. The number of carbonyl (C=O) groups is 1. The topological polar surface area (TPSA) is 17.1 Å². The monoisotopic (exact) mass is 222 g/mol. The maximum Gasteiger partial charge on any atom is 0.158 e. The fraction of sp³-hybridized carbons (Fsp3) is 0.800. The molecule has 1 fully saturated rings. The third-order valence-corrected chi connectivity index (χ3v) is 4.26. The lowest BCUT2D eigenvalue weighted by atomic mass is 9.74. The molecule has 0 aromatic rings. The Morgan fingerprint density at radius 3 is 2.25 bits per heavy atom. The van der Waals surface area contributed by atoms with Crippen LogP contribution in [0.25, 0.3) is 0 Å². The first-order valence-corrected chi connectivity index (χ1v) is 6.81. The molecule has 0 spiro atoms. The number of rotatable bonds is 4. The standard InChI is InChI=1S/C15H26O/c1-5-13(6-2)10-15(16)14-8-7-11(3)12(4)9-14/h10-12,14H,5-9H2,1-4H3. The lowest BCUT2D eigenvalue weighted by Crippen LogP contribution is -2.25. The first-order chi connectivity index (χ1) is 7.58. The van der Waals surface area contributed by atoms with Gasteiger partial charge in [0, 0.05) is 5.92 Å². The lowest BCUT2D eigenvalue weighted by molar-refractivity contribution is -0.119. The molecule has 0 aromatic carbocycles. The zero-order valence-electron chi connectivity index (χ0n) is 11.3. The third kappa shape index (κ3) is 3.47. The van der Waals surface area contributed by atoms with Gasteiger partial charge in [-0.15, -0.1) is 0 Å². The maximum absolute atomic E-state index is 12.1. The van der Waals surface area contributed by atoms with Crippen LogP contribution in [-0.2, 0) is 4.79 Å². The Hall–Kier alpha value is -0.590. The van der Waals surface area contributed by atoms with E-state index in [0.29, 0.717) is 17.6 Å². The van der Waals surface area contributed by atoms with Gasteiger partial charge in [-0.05, 0) is 50.0 Å². The summed E-state index contributed by atoms with van der Waals surface area (Å²) < 4.78 is 0. The van der Waals surface area contributed by atoms with Gasteiger partial charge in [-0.1, -0.05) is 33.3 Å². The van der Waals surface area contributed by atoms with E-state index >= 15 is 0 Å². The molecule has 1 saturated carbocycles. The Kier molecular flexibility index (Phi) is 5.24. The van der Waals surface area contributed by atoms with Crippen LogP contribution in [0.1, 0.15) is 59.8 Å². The van der Waals surface area contributed by atoms with Crippen molar-refractivity contribution >= 4 is 5.78 Å². The smallest absolute Gasteiger partial charge is 0.158 e. The van der Waals surface area contributed by atoms with Gasteiger partial charge in [0.25, 0.3) is 0 Å². The molecule has 1 aliphatic carbocycles. The molecule has 0 heterocycles. The van der Waals surface area contributed by atoms with E-state index in [2.05, 4.69) is 27.7 Å². The van der Waals surface area contributed by atoms with Crippen LogP contribution in [0, 0.1) is 17.8 Å². The average molecular weight is 222 g/mol. The van der Waals surface area contributed by atoms with E-state index in [9.17, 15) is 4.79 Å². The summed E-state index contributed by atoms with van der Waals surface area (Å²) in [6.45, 7) is 8.86. The van der Waals surface area contributed by atoms with Crippen molar-refractivity contribution in [2.75, 3.05) is 0 Å². The molecule has 0 N–H and O–H groups in total. The Labute approximate surface area is 100 Å². The fourth-order valence-electron chi connectivity index (χ4n) is 2.58. The minimum absolute atomic E-state index is 0.305. The van der Waals surface area contributed by atoms with Crippen LogP contribution in [0.2, 0.25) is 0 Å². The highest BCUT2D eigenvalue weighted by atomic mass is 16.1. The summed E-state index contributed by atoms with van der Waals surface area (Å²) in [5.74, 6) is 2.20. The van der Waals surface area contributed by atoms with Gasteiger partial charge in [-0.3, -0.25) is 4.79 Å². The first kappa shape index (κ1) is 13.5. The van der Waals surface area contributed by atoms with Crippen molar-refractivity contribution in [3.05, 3.63) is 11.6 Å². The minimum atomic E-state index is 0.305. The van der Waals surface area contributed by atoms with Gasteiger partial charge in [-0.2, -0.15) is 0 Å². The van der Waals surface area contributed by atoms with Crippen molar-refractivity contribution < 1.29 is 4.79 Å². The molecule has 0 radical (unpaired) electrons. The second kappa shape index (κ2) is 6.22. The van der Waals surface area contributed by atoms with Crippen molar-refractivity contribution in [3.63, 3.8) is 0 Å². The zero-order valence-corrected chi connectivity index (χ0v) is 11.3. The molecule has 1 nitrogen and oxygen atoms in total. The Morgan fingerprint density at radius 1 is 1.12 bits per heavy atom. The molecule has 92 valence electrons. The van der Waals surface area contributed by atoms with Crippen molar-refractivity contribution in [1.82, 2.24) is 0 Å². The van der Waals surface area contributed by atoms with E-state index in [0.717, 1.165) is 31.6 Å². The van der Waals surface area contributed by atoms with Crippen LogP contribution in [0.5, 0.6) is 0 Å². The summed E-state index contributed by atoms with van der Waals surface area (Å²) in [7, 11) is 0. The van der Waals surface area contributed by atoms with E-state index in [4.69, 9.17) is 0 Å². The quantitative estimate of drug-likeness (QED) is 0.645. The SMILES string of the molecule is CCC(=CC(=O)C1CCC(C)C(C)C1)CC. The van der Waals surface area contributed by atoms with E-state index in [-0.39, 0.29) is 0 Å². The van der Waals surface area contributed by atoms with Gasteiger partial charge in [0.05, 0.1) is 0 Å². The van der Waals surface area contributed by atoms with Crippen LogP contribution in [0.3, 0.4) is 0 Å². The van der Waals surface area contributed by atoms with Gasteiger partial charge >= 0.3 is 0 Å². The second-order valence-corrected chi connectivity index (χ2v) is 5.38. The Morgan fingerprint density at radius 2 is 1.75 bits per heavy atom. The van der Waals surface area contributed by atoms with E-state index in [1.165, 1.54) is 12.0 Å². The predicted octanol–water partition coefficient (Wildman–Crippen LogP) is 4.37. The molecule has 0 amide bonds. The Balaban J connectivity index is 2.58. The van der Waals surface area contributed by atoms with Crippen molar-refractivity contribution in [2.45, 2.75) is 59.8 Å². The van der Waals surface area contributed by atoms with Gasteiger partial charge in [0.2, 0.25) is 0 Å². The molecule has 0 bridgehead atoms. The highest BCUT2D eigenvalue weighted by molar-refractivity contribution is 5.92. The summed E-state index contributed by atoms with van der Waals surface area (Å²) in [5.41, 5.74) is 1.30. The third-order valence-electron chi connectivity index (χ3n) is 4.26. The predicted molar refractivity (Wildman–Crippen MR) is 69.3 cm³/mol. The largest absolute Gasteiger partial charge is 0.295 e. The summed E-state index contributed by atoms with van der Waals surface area (Å²) in [6.07, 6.45) is 7.37. The normalized spacial score (nSPS) is 29.9. The molecule has 0 saturated heterocycles. The van der Waals surface area contributed by atoms with Crippen molar-refractivity contribution in [1.29, 1.82) is 0 Å². The lowest BCUT2D eigenvalue weighted by Gasteiger charge is -2.30. The maximum atomic E-state index is 12.1. The molecule has 0 aliphatic heterocycles. The molecule has 1 heteroatoms. The molecule has 3 atom stereocenters. The van der Waals surface area contributed by atoms with E-state index < -0.39 is 0 Å². The molecular weight excluding hydrogens is 196 g/mol. The number of hydrogen-bond acceptors (Lipinski definition) is 1. The Bertz CT molecular complexity index is 259. The minimum Gasteiger partial charge on any atom is -0.295 e. The molecule has 0 aromatic heterocycles. The fourth-order valence-corrected chi connectivity index (χ4v) is 2.58. The van der Waals surface area contributed by atoms with Crippen LogP contribution in [0.4, 0.5) is 0 Å².